The summed E-state index contributed by atoms with van der Waals surface area (Å²) in [5.74, 6) is 1.55. The maximum atomic E-state index is 8.98. The quantitative estimate of drug-likeness (QED) is 0.725. The van der Waals surface area contributed by atoms with Gasteiger partial charge in [0.15, 0.2) is 0 Å². The molecule has 0 unspecified atom stereocenters. The van der Waals surface area contributed by atoms with Gasteiger partial charge in [-0.2, -0.15) is 0 Å². The van der Waals surface area contributed by atoms with Crippen LogP contribution >= 0.6 is 0 Å². The first kappa shape index (κ1) is 12.9. The molecule has 0 radical (unpaired) electrons. The van der Waals surface area contributed by atoms with E-state index in [2.05, 4.69) is 5.73 Å². The van der Waals surface area contributed by atoms with Gasteiger partial charge in [-0.05, 0) is 49.2 Å². The van der Waals surface area contributed by atoms with Gasteiger partial charge in [-0.25, -0.2) is 0 Å². The lowest BCUT2D eigenvalue weighted by atomic mass is 9.74. The van der Waals surface area contributed by atoms with Crippen molar-refractivity contribution in [3.05, 3.63) is 17.4 Å². The second-order valence-electron chi connectivity index (χ2n) is 5.66. The summed E-state index contributed by atoms with van der Waals surface area (Å²) in [6.07, 6.45) is 15.7. The summed E-state index contributed by atoms with van der Waals surface area (Å²) < 4.78 is 0. The highest BCUT2D eigenvalue weighted by Gasteiger charge is 2.25. The molecule has 1 nitrogen and oxygen atoms in total. The lowest BCUT2D eigenvalue weighted by Crippen LogP contribution is -2.18. The zero-order valence-corrected chi connectivity index (χ0v) is 11.0. The van der Waals surface area contributed by atoms with Gasteiger partial charge in [-0.15, -0.1) is 5.73 Å². The highest BCUT2D eigenvalue weighted by atomic mass is 16.2. The Labute approximate surface area is 106 Å². The van der Waals surface area contributed by atoms with Crippen molar-refractivity contribution in [2.45, 2.75) is 64.2 Å². The molecule has 2 aliphatic rings. The first-order valence-electron chi connectivity index (χ1n) is 7.47. The molecule has 17 heavy (non-hydrogen) atoms. The average Bonchev–Trinajstić information content (AvgIpc) is 2.42. The van der Waals surface area contributed by atoms with Crippen LogP contribution < -0.4 is 0 Å². The molecule has 2 fully saturated rings. The van der Waals surface area contributed by atoms with E-state index in [9.17, 15) is 0 Å². The molecule has 1 heteroatoms. The van der Waals surface area contributed by atoms with E-state index in [-0.39, 0.29) is 6.61 Å². The molecule has 0 aromatic carbocycles. The Morgan fingerprint density at radius 2 is 1.35 bits per heavy atom. The maximum Gasteiger partial charge on any atom is 0.0686 e. The smallest absolute Gasteiger partial charge is 0.0686 e. The molecule has 0 heterocycles. The van der Waals surface area contributed by atoms with Crippen molar-refractivity contribution in [1.29, 1.82) is 0 Å². The van der Waals surface area contributed by atoms with Crippen molar-refractivity contribution in [2.24, 2.45) is 11.8 Å². The monoisotopic (exact) mass is 234 g/mol. The molecule has 0 spiro atoms. The van der Waals surface area contributed by atoms with Crippen LogP contribution in [-0.2, 0) is 0 Å². The van der Waals surface area contributed by atoms with Crippen molar-refractivity contribution < 1.29 is 5.11 Å². The van der Waals surface area contributed by atoms with E-state index in [4.69, 9.17) is 5.11 Å². The molecule has 2 saturated carbocycles. The Bertz CT molecular complexity index is 254. The zero-order chi connectivity index (χ0) is 11.9. The molecule has 0 atom stereocenters. The minimum atomic E-state index is 0.142. The van der Waals surface area contributed by atoms with Gasteiger partial charge in [0.05, 0.1) is 6.61 Å². The largest absolute Gasteiger partial charge is 0.392 e. The second-order valence-corrected chi connectivity index (χ2v) is 5.66. The van der Waals surface area contributed by atoms with Crippen molar-refractivity contribution in [2.75, 3.05) is 6.61 Å². The molecule has 2 aliphatic carbocycles. The van der Waals surface area contributed by atoms with Gasteiger partial charge >= 0.3 is 0 Å². The Hall–Kier alpha value is -0.520. The summed E-state index contributed by atoms with van der Waals surface area (Å²) in [4.78, 5) is 0. The minimum absolute atomic E-state index is 0.142. The number of hydrogen-bond acceptors (Lipinski definition) is 1. The summed E-state index contributed by atoms with van der Waals surface area (Å²) in [5.41, 5.74) is 5.00. The molecule has 0 aromatic heterocycles. The van der Waals surface area contributed by atoms with Crippen LogP contribution in [0.1, 0.15) is 64.2 Å². The molecular formula is C16H26O. The van der Waals surface area contributed by atoms with E-state index in [0.717, 1.165) is 11.8 Å². The fraction of sp³-hybridized carbons (Fsp3) is 0.812. The third-order valence-electron chi connectivity index (χ3n) is 4.45. The van der Waals surface area contributed by atoms with Crippen LogP contribution in [0.15, 0.2) is 17.4 Å². The lowest BCUT2D eigenvalue weighted by Gasteiger charge is -2.31. The minimum Gasteiger partial charge on any atom is -0.392 e. The molecule has 0 bridgehead atoms. The SMILES string of the molecule is OCC=C=C(C1CCCCC1)C1CCCCC1. The van der Waals surface area contributed by atoms with Crippen LogP contribution in [0.5, 0.6) is 0 Å². The lowest BCUT2D eigenvalue weighted by molar-refractivity contribution is 0.325. The summed E-state index contributed by atoms with van der Waals surface area (Å²) in [6.45, 7) is 0.142. The zero-order valence-electron chi connectivity index (χ0n) is 11.0. The number of rotatable bonds is 3. The summed E-state index contributed by atoms with van der Waals surface area (Å²) in [5, 5.41) is 8.98. The van der Waals surface area contributed by atoms with Gasteiger partial charge in [0.1, 0.15) is 0 Å². The predicted molar refractivity (Wildman–Crippen MR) is 71.8 cm³/mol. The molecule has 0 amide bonds. The third kappa shape index (κ3) is 3.72. The van der Waals surface area contributed by atoms with Crippen LogP contribution in [0, 0.1) is 11.8 Å². The van der Waals surface area contributed by atoms with E-state index < -0.39 is 0 Å². The maximum absolute atomic E-state index is 8.98. The van der Waals surface area contributed by atoms with Crippen LogP contribution in [-0.4, -0.2) is 11.7 Å². The molecular weight excluding hydrogens is 208 g/mol. The van der Waals surface area contributed by atoms with Crippen LogP contribution in [0.2, 0.25) is 0 Å². The van der Waals surface area contributed by atoms with E-state index >= 15 is 0 Å². The van der Waals surface area contributed by atoms with Gasteiger partial charge in [0.2, 0.25) is 0 Å². The highest BCUT2D eigenvalue weighted by molar-refractivity contribution is 5.12. The molecule has 96 valence electrons. The third-order valence-corrected chi connectivity index (χ3v) is 4.45. The molecule has 2 rings (SSSR count). The number of hydrogen-bond donors (Lipinski definition) is 1. The summed E-state index contributed by atoms with van der Waals surface area (Å²) in [6, 6.07) is 0. The van der Waals surface area contributed by atoms with Crippen molar-refractivity contribution in [1.82, 2.24) is 0 Å². The van der Waals surface area contributed by atoms with Crippen LogP contribution in [0.25, 0.3) is 0 Å². The van der Waals surface area contributed by atoms with E-state index in [1.54, 1.807) is 5.57 Å². The molecule has 0 aromatic rings. The summed E-state index contributed by atoms with van der Waals surface area (Å²) in [7, 11) is 0. The van der Waals surface area contributed by atoms with Gasteiger partial charge in [0.25, 0.3) is 0 Å². The van der Waals surface area contributed by atoms with E-state index in [1.807, 2.05) is 6.08 Å². The Kier molecular flexibility index (Phi) is 5.35. The van der Waals surface area contributed by atoms with Crippen molar-refractivity contribution in [3.8, 4) is 0 Å². The Morgan fingerprint density at radius 1 is 0.882 bits per heavy atom. The first-order valence-corrected chi connectivity index (χ1v) is 7.47. The Morgan fingerprint density at radius 3 is 1.76 bits per heavy atom. The topological polar surface area (TPSA) is 20.2 Å². The normalized spacial score (nSPS) is 23.1. The van der Waals surface area contributed by atoms with Crippen molar-refractivity contribution >= 4 is 0 Å². The standard InChI is InChI=1S/C16H26O/c17-13-7-12-16(14-8-3-1-4-9-14)15-10-5-2-6-11-15/h7,14-15,17H,1-6,8-11,13H2. The van der Waals surface area contributed by atoms with Crippen LogP contribution in [0.4, 0.5) is 0 Å². The van der Waals surface area contributed by atoms with Crippen LogP contribution in [0.3, 0.4) is 0 Å². The van der Waals surface area contributed by atoms with Gasteiger partial charge < -0.3 is 5.11 Å². The Balaban J connectivity index is 2.08. The van der Waals surface area contributed by atoms with Gasteiger partial charge in [-0.1, -0.05) is 38.5 Å². The fourth-order valence-corrected chi connectivity index (χ4v) is 3.56. The van der Waals surface area contributed by atoms with Gasteiger partial charge in [-0.3, -0.25) is 0 Å². The van der Waals surface area contributed by atoms with Crippen molar-refractivity contribution in [3.63, 3.8) is 0 Å². The van der Waals surface area contributed by atoms with Gasteiger partial charge in [0, 0.05) is 0 Å². The molecule has 1 N–H and O–H groups in total. The first-order chi connectivity index (χ1) is 8.42. The number of aliphatic hydroxyl groups is 1. The predicted octanol–water partition coefficient (Wildman–Crippen LogP) is 4.22. The van der Waals surface area contributed by atoms with E-state index in [0.29, 0.717) is 0 Å². The average molecular weight is 234 g/mol. The second kappa shape index (κ2) is 7.03. The fourth-order valence-electron chi connectivity index (χ4n) is 3.56. The molecule has 0 aliphatic heterocycles. The molecule has 0 saturated heterocycles. The number of aliphatic hydroxyl groups excluding tert-OH is 1. The highest BCUT2D eigenvalue weighted by Crippen LogP contribution is 2.38. The summed E-state index contributed by atoms with van der Waals surface area (Å²) >= 11 is 0. The van der Waals surface area contributed by atoms with E-state index in [1.165, 1.54) is 64.2 Å².